The van der Waals surface area contributed by atoms with Crippen molar-refractivity contribution < 1.29 is 14.3 Å². The average Bonchev–Trinajstić information content (AvgIpc) is 3.84. The van der Waals surface area contributed by atoms with Crippen LogP contribution in [0.5, 0.6) is 5.75 Å². The Balaban J connectivity index is 0.827. The van der Waals surface area contributed by atoms with Gasteiger partial charge in [0.25, 0.3) is 5.91 Å². The first-order valence-electron chi connectivity index (χ1n) is 18.0. The summed E-state index contributed by atoms with van der Waals surface area (Å²) in [7, 11) is 1.64. The standard InChI is InChI=1S/C42H44N6O3/c1-51-39-27-37(15-16-38(39)35-28-43-44-29-35)48-22-19-42(41(48)50)17-20-47(21-18-42)40(49)34-11-13-36(14-12-34)46-25-23-45(24-26-46)30-31-7-9-33(10-8-31)32-5-3-2-4-6-32/h2-16,27-29H,17-26,30H2,1H3,(H,43,44). The summed E-state index contributed by atoms with van der Waals surface area (Å²) in [5.74, 6) is 0.900. The molecule has 3 fully saturated rings. The molecule has 260 valence electrons. The summed E-state index contributed by atoms with van der Waals surface area (Å²) in [6.07, 6.45) is 5.73. The first-order valence-corrected chi connectivity index (χ1v) is 18.0. The number of aromatic nitrogens is 2. The first kappa shape index (κ1) is 32.8. The van der Waals surface area contributed by atoms with Crippen LogP contribution in [0.25, 0.3) is 22.3 Å². The summed E-state index contributed by atoms with van der Waals surface area (Å²) in [4.78, 5) is 36.2. The number of methoxy groups -OCH3 is 1. The lowest BCUT2D eigenvalue weighted by Crippen LogP contribution is -2.46. The van der Waals surface area contributed by atoms with Gasteiger partial charge in [0.05, 0.1) is 18.7 Å². The number of carbonyl (C=O) groups excluding carboxylic acids is 2. The normalized spacial score (nSPS) is 17.7. The van der Waals surface area contributed by atoms with Crippen molar-refractivity contribution >= 4 is 23.2 Å². The minimum atomic E-state index is -0.426. The van der Waals surface area contributed by atoms with E-state index < -0.39 is 5.41 Å². The summed E-state index contributed by atoms with van der Waals surface area (Å²) < 4.78 is 5.68. The van der Waals surface area contributed by atoms with Crippen molar-refractivity contribution in [3.8, 4) is 28.0 Å². The molecule has 0 bridgehead atoms. The van der Waals surface area contributed by atoms with Crippen LogP contribution in [0.2, 0.25) is 0 Å². The van der Waals surface area contributed by atoms with Gasteiger partial charge in [-0.15, -0.1) is 0 Å². The zero-order chi connectivity index (χ0) is 34.8. The van der Waals surface area contributed by atoms with Crippen LogP contribution in [0.1, 0.15) is 35.2 Å². The lowest BCUT2D eigenvalue weighted by molar-refractivity contribution is -0.127. The van der Waals surface area contributed by atoms with Crippen LogP contribution in [0.15, 0.2) is 109 Å². The van der Waals surface area contributed by atoms with Gasteiger partial charge in [-0.05, 0) is 72.4 Å². The molecule has 51 heavy (non-hydrogen) atoms. The second-order valence-electron chi connectivity index (χ2n) is 14.0. The number of rotatable bonds is 8. The highest BCUT2D eigenvalue weighted by molar-refractivity contribution is 6.01. The number of aromatic amines is 1. The SMILES string of the molecule is COc1cc(N2CCC3(CCN(C(=O)c4ccc(N5CCN(Cc6ccc(-c7ccccc7)cc6)CC5)cc4)CC3)C2=O)ccc1-c1cn[nH]c1. The molecule has 1 aromatic heterocycles. The second-order valence-corrected chi connectivity index (χ2v) is 14.0. The van der Waals surface area contributed by atoms with E-state index in [2.05, 4.69) is 80.7 Å². The van der Waals surface area contributed by atoms with Gasteiger partial charge in [-0.2, -0.15) is 5.10 Å². The van der Waals surface area contributed by atoms with Crippen LogP contribution in [0, 0.1) is 5.41 Å². The van der Waals surface area contributed by atoms with Crippen molar-refractivity contribution in [3.63, 3.8) is 0 Å². The Morgan fingerprint density at radius 1 is 0.765 bits per heavy atom. The lowest BCUT2D eigenvalue weighted by Gasteiger charge is -2.38. The predicted molar refractivity (Wildman–Crippen MR) is 201 cm³/mol. The van der Waals surface area contributed by atoms with Crippen LogP contribution >= 0.6 is 0 Å². The maximum Gasteiger partial charge on any atom is 0.253 e. The van der Waals surface area contributed by atoms with Crippen LogP contribution in [0.3, 0.4) is 0 Å². The maximum atomic E-state index is 13.9. The molecule has 3 aliphatic rings. The molecule has 1 spiro atoms. The Morgan fingerprint density at radius 3 is 2.14 bits per heavy atom. The Hall–Kier alpha value is -5.41. The molecule has 9 heteroatoms. The van der Waals surface area contributed by atoms with Crippen molar-refractivity contribution in [1.82, 2.24) is 20.0 Å². The van der Waals surface area contributed by atoms with Gasteiger partial charge in [-0.25, -0.2) is 0 Å². The van der Waals surface area contributed by atoms with Gasteiger partial charge < -0.3 is 19.4 Å². The molecule has 0 radical (unpaired) electrons. The molecule has 0 aliphatic carbocycles. The summed E-state index contributed by atoms with van der Waals surface area (Å²) in [5, 5.41) is 6.89. The van der Waals surface area contributed by atoms with Gasteiger partial charge in [0.1, 0.15) is 5.75 Å². The molecular formula is C42H44N6O3. The number of H-pyrrole nitrogens is 1. The van der Waals surface area contributed by atoms with Crippen molar-refractivity contribution in [1.29, 1.82) is 0 Å². The number of amides is 2. The van der Waals surface area contributed by atoms with Crippen molar-refractivity contribution in [2.24, 2.45) is 5.41 Å². The number of piperidine rings is 1. The minimum absolute atomic E-state index is 0.0429. The molecule has 3 aliphatic heterocycles. The van der Waals surface area contributed by atoms with Gasteiger partial charge in [0, 0.05) is 92.7 Å². The fraction of sp³-hybridized carbons (Fsp3) is 0.310. The van der Waals surface area contributed by atoms with Crippen LogP contribution < -0.4 is 14.5 Å². The second kappa shape index (κ2) is 14.1. The molecule has 5 aromatic rings. The molecule has 9 nitrogen and oxygen atoms in total. The van der Waals surface area contributed by atoms with Gasteiger partial charge in [-0.3, -0.25) is 19.6 Å². The summed E-state index contributed by atoms with van der Waals surface area (Å²) in [6.45, 7) is 6.68. The van der Waals surface area contributed by atoms with E-state index in [1.54, 1.807) is 13.3 Å². The summed E-state index contributed by atoms with van der Waals surface area (Å²) >= 11 is 0. The number of carbonyl (C=O) groups is 2. The number of nitrogens with zero attached hydrogens (tertiary/aromatic N) is 5. The van der Waals surface area contributed by atoms with E-state index in [9.17, 15) is 9.59 Å². The van der Waals surface area contributed by atoms with Crippen LogP contribution in [0.4, 0.5) is 11.4 Å². The van der Waals surface area contributed by atoms with E-state index in [1.165, 1.54) is 16.7 Å². The fourth-order valence-corrected chi connectivity index (χ4v) is 8.01. The van der Waals surface area contributed by atoms with Gasteiger partial charge in [-0.1, -0.05) is 54.6 Å². The molecule has 8 rings (SSSR count). The number of piperazine rings is 1. The molecule has 0 saturated carbocycles. The van der Waals surface area contributed by atoms with E-state index >= 15 is 0 Å². The van der Waals surface area contributed by atoms with Gasteiger partial charge in [0.2, 0.25) is 5.91 Å². The highest BCUT2D eigenvalue weighted by Gasteiger charge is 2.49. The largest absolute Gasteiger partial charge is 0.496 e. The monoisotopic (exact) mass is 680 g/mol. The Morgan fingerprint density at radius 2 is 1.45 bits per heavy atom. The molecule has 2 amide bonds. The quantitative estimate of drug-likeness (QED) is 0.196. The van der Waals surface area contributed by atoms with E-state index in [1.807, 2.05) is 52.4 Å². The number of hydrogen-bond donors (Lipinski definition) is 1. The lowest BCUT2D eigenvalue weighted by atomic mass is 9.77. The van der Waals surface area contributed by atoms with Gasteiger partial charge in [0.15, 0.2) is 0 Å². The highest BCUT2D eigenvalue weighted by atomic mass is 16.5. The number of likely N-dealkylation sites (tertiary alicyclic amines) is 1. The average molecular weight is 681 g/mol. The third-order valence-corrected chi connectivity index (χ3v) is 11.1. The highest BCUT2D eigenvalue weighted by Crippen LogP contribution is 2.44. The third kappa shape index (κ3) is 6.61. The summed E-state index contributed by atoms with van der Waals surface area (Å²) in [6, 6.07) is 33.4. The molecule has 3 saturated heterocycles. The van der Waals surface area contributed by atoms with E-state index in [-0.39, 0.29) is 11.8 Å². The zero-order valence-electron chi connectivity index (χ0n) is 29.1. The smallest absolute Gasteiger partial charge is 0.253 e. The van der Waals surface area contributed by atoms with Crippen LogP contribution in [-0.2, 0) is 11.3 Å². The third-order valence-electron chi connectivity index (χ3n) is 11.1. The number of ether oxygens (including phenoxy) is 1. The molecule has 1 N–H and O–H groups in total. The van der Waals surface area contributed by atoms with E-state index in [0.717, 1.165) is 61.6 Å². The number of benzene rings is 4. The van der Waals surface area contributed by atoms with Gasteiger partial charge >= 0.3 is 0 Å². The summed E-state index contributed by atoms with van der Waals surface area (Å²) in [5.41, 5.74) is 7.97. The maximum absolute atomic E-state index is 13.9. The number of nitrogens with one attached hydrogen (secondary N) is 1. The Bertz CT molecular complexity index is 1960. The molecule has 0 atom stereocenters. The number of anilines is 2. The fourth-order valence-electron chi connectivity index (χ4n) is 8.01. The van der Waals surface area contributed by atoms with E-state index in [4.69, 9.17) is 4.74 Å². The van der Waals surface area contributed by atoms with Crippen molar-refractivity contribution in [3.05, 3.63) is 121 Å². The van der Waals surface area contributed by atoms with Crippen molar-refractivity contribution in [2.75, 3.05) is 62.7 Å². The van der Waals surface area contributed by atoms with E-state index in [0.29, 0.717) is 43.8 Å². The van der Waals surface area contributed by atoms with Crippen LogP contribution in [-0.4, -0.2) is 84.7 Å². The topological polar surface area (TPSA) is 85.0 Å². The number of hydrogen-bond acceptors (Lipinski definition) is 6. The minimum Gasteiger partial charge on any atom is -0.496 e. The Labute approximate surface area is 299 Å². The predicted octanol–water partition coefficient (Wildman–Crippen LogP) is 6.73. The molecule has 4 aromatic carbocycles. The molecule has 0 unspecified atom stereocenters. The Kier molecular flexibility index (Phi) is 9.04. The first-order chi connectivity index (χ1) is 25.0. The van der Waals surface area contributed by atoms with Crippen molar-refractivity contribution in [2.45, 2.75) is 25.8 Å². The zero-order valence-corrected chi connectivity index (χ0v) is 29.1. The molecule has 4 heterocycles. The molecular weight excluding hydrogens is 637 g/mol.